The molecule has 2 aromatic rings. The Morgan fingerprint density at radius 3 is 1.92 bits per heavy atom. The highest BCUT2D eigenvalue weighted by molar-refractivity contribution is 5.85. The van der Waals surface area contributed by atoms with Crippen LogP contribution in [0.4, 0.5) is 32.0 Å². The number of carbonyl (C=O) groups excluding carboxylic acids is 1. The van der Waals surface area contributed by atoms with Gasteiger partial charge in [-0.15, -0.1) is 12.4 Å². The van der Waals surface area contributed by atoms with Crippen molar-refractivity contribution in [1.29, 1.82) is 0 Å². The highest BCUT2D eigenvalue weighted by Gasteiger charge is 2.38. The first-order chi connectivity index (χ1) is 16.8. The molecule has 2 aliphatic rings. The summed E-state index contributed by atoms with van der Waals surface area (Å²) in [6.07, 6.45) is -8.66. The molecule has 204 valence electrons. The lowest BCUT2D eigenvalue weighted by atomic mass is 9.83. The monoisotopic (exact) mass is 551 g/mol. The van der Waals surface area contributed by atoms with Crippen LogP contribution < -0.4 is 4.90 Å². The molecule has 4 rings (SSSR count). The smallest absolute Gasteiger partial charge is 0.385 e. The number of likely N-dealkylation sites (tertiary alicyclic amines) is 1. The summed E-state index contributed by atoms with van der Waals surface area (Å²) in [5.74, 6) is -0.145. The number of rotatable bonds is 4. The normalized spacial score (nSPS) is 18.9. The average molecular weight is 552 g/mol. The second-order valence-electron chi connectivity index (χ2n) is 9.30. The van der Waals surface area contributed by atoms with Gasteiger partial charge in [0.25, 0.3) is 0 Å². The zero-order valence-electron chi connectivity index (χ0n) is 19.9. The van der Waals surface area contributed by atoms with Gasteiger partial charge >= 0.3 is 12.4 Å². The van der Waals surface area contributed by atoms with E-state index in [2.05, 4.69) is 0 Å². The SMILES string of the molecule is Cl.O=C(CN1CCN(c2cccc(C(F)(F)F)c2)CC1)N1CCC(O)(c2cccc(C(F)(F)F)c2)CC1. The molecule has 0 saturated carbocycles. The van der Waals surface area contributed by atoms with E-state index < -0.39 is 29.1 Å². The van der Waals surface area contributed by atoms with E-state index in [9.17, 15) is 36.2 Å². The molecule has 0 spiro atoms. The number of amides is 1. The molecule has 1 N–H and O–H groups in total. The van der Waals surface area contributed by atoms with E-state index in [-0.39, 0.29) is 56.4 Å². The first-order valence-corrected chi connectivity index (χ1v) is 11.7. The number of hydrogen-bond donors (Lipinski definition) is 1. The lowest BCUT2D eigenvalue weighted by Gasteiger charge is -2.40. The van der Waals surface area contributed by atoms with Crippen LogP contribution in [-0.2, 0) is 22.7 Å². The Kier molecular flexibility index (Phi) is 8.71. The van der Waals surface area contributed by atoms with Crippen LogP contribution in [0.25, 0.3) is 0 Å². The van der Waals surface area contributed by atoms with E-state index in [0.717, 1.165) is 24.3 Å². The summed E-state index contributed by atoms with van der Waals surface area (Å²) in [7, 11) is 0. The molecule has 2 heterocycles. The van der Waals surface area contributed by atoms with Gasteiger partial charge in [-0.3, -0.25) is 9.69 Å². The fraction of sp³-hybridized carbons (Fsp3) is 0.480. The Morgan fingerprint density at radius 1 is 0.811 bits per heavy atom. The van der Waals surface area contributed by atoms with Gasteiger partial charge in [0, 0.05) is 45.0 Å². The fourth-order valence-electron chi connectivity index (χ4n) is 4.73. The summed E-state index contributed by atoms with van der Waals surface area (Å²) >= 11 is 0. The maximum Gasteiger partial charge on any atom is 0.416 e. The zero-order chi connectivity index (χ0) is 26.1. The molecule has 0 aromatic heterocycles. The quantitative estimate of drug-likeness (QED) is 0.556. The highest BCUT2D eigenvalue weighted by atomic mass is 35.5. The van der Waals surface area contributed by atoms with Crippen LogP contribution >= 0.6 is 12.4 Å². The molecule has 5 nitrogen and oxygen atoms in total. The second kappa shape index (κ2) is 11.1. The molecule has 0 radical (unpaired) electrons. The molecule has 0 unspecified atom stereocenters. The van der Waals surface area contributed by atoms with Crippen molar-refractivity contribution < 1.29 is 36.2 Å². The van der Waals surface area contributed by atoms with E-state index >= 15 is 0 Å². The van der Waals surface area contributed by atoms with Gasteiger partial charge in [0.2, 0.25) is 5.91 Å². The van der Waals surface area contributed by atoms with Gasteiger partial charge in [-0.1, -0.05) is 18.2 Å². The van der Waals surface area contributed by atoms with Gasteiger partial charge in [0.15, 0.2) is 0 Å². The Hall–Kier alpha value is -2.50. The molecule has 0 atom stereocenters. The van der Waals surface area contributed by atoms with Crippen molar-refractivity contribution in [1.82, 2.24) is 9.80 Å². The van der Waals surface area contributed by atoms with E-state index in [1.54, 1.807) is 11.0 Å². The second-order valence-corrected chi connectivity index (χ2v) is 9.30. The van der Waals surface area contributed by atoms with Crippen molar-refractivity contribution in [3.05, 3.63) is 65.2 Å². The molecule has 2 aromatic carbocycles. The summed E-state index contributed by atoms with van der Waals surface area (Å²) in [4.78, 5) is 18.2. The largest absolute Gasteiger partial charge is 0.416 e. The third kappa shape index (κ3) is 6.88. The number of benzene rings is 2. The number of piperidine rings is 1. The third-order valence-electron chi connectivity index (χ3n) is 6.94. The number of aliphatic hydroxyl groups is 1. The Labute approximate surface area is 217 Å². The molecule has 2 saturated heterocycles. The summed E-state index contributed by atoms with van der Waals surface area (Å²) in [6, 6.07) is 9.83. The van der Waals surface area contributed by atoms with Crippen LogP contribution in [0.3, 0.4) is 0 Å². The Morgan fingerprint density at radius 2 is 1.35 bits per heavy atom. The summed E-state index contributed by atoms with van der Waals surface area (Å²) < 4.78 is 78.1. The van der Waals surface area contributed by atoms with Gasteiger partial charge < -0.3 is 14.9 Å². The summed E-state index contributed by atoms with van der Waals surface area (Å²) in [5, 5.41) is 11.0. The molecular weight excluding hydrogens is 524 g/mol. The molecule has 2 fully saturated rings. The van der Waals surface area contributed by atoms with Gasteiger partial charge in [-0.25, -0.2) is 0 Å². The predicted molar refractivity (Wildman–Crippen MR) is 128 cm³/mol. The topological polar surface area (TPSA) is 47.0 Å². The highest BCUT2D eigenvalue weighted by Crippen LogP contribution is 2.37. The van der Waals surface area contributed by atoms with Crippen molar-refractivity contribution in [2.45, 2.75) is 30.8 Å². The number of anilines is 1. The lowest BCUT2D eigenvalue weighted by molar-refractivity contribution is -0.139. The predicted octanol–water partition coefficient (Wildman–Crippen LogP) is 4.78. The van der Waals surface area contributed by atoms with Crippen LogP contribution in [0.2, 0.25) is 0 Å². The van der Waals surface area contributed by atoms with E-state index in [4.69, 9.17) is 0 Å². The van der Waals surface area contributed by atoms with Crippen molar-refractivity contribution >= 4 is 24.0 Å². The number of piperazine rings is 1. The lowest BCUT2D eigenvalue weighted by Crippen LogP contribution is -2.52. The number of nitrogens with zero attached hydrogens (tertiary/aromatic N) is 3. The number of carbonyl (C=O) groups is 1. The maximum absolute atomic E-state index is 13.0. The average Bonchev–Trinajstić information content (AvgIpc) is 2.84. The molecule has 2 aliphatic heterocycles. The number of alkyl halides is 6. The van der Waals surface area contributed by atoms with Gasteiger partial charge in [0.05, 0.1) is 23.3 Å². The molecule has 37 heavy (non-hydrogen) atoms. The minimum Gasteiger partial charge on any atom is -0.385 e. The molecule has 0 bridgehead atoms. The summed E-state index contributed by atoms with van der Waals surface area (Å²) in [6.45, 7) is 2.53. The number of hydrogen-bond acceptors (Lipinski definition) is 4. The van der Waals surface area contributed by atoms with Crippen LogP contribution in [0.1, 0.15) is 29.5 Å². The fourth-order valence-corrected chi connectivity index (χ4v) is 4.73. The van der Waals surface area contributed by atoms with Crippen LogP contribution in [-0.4, -0.2) is 66.6 Å². The van der Waals surface area contributed by atoms with Crippen LogP contribution in [0, 0.1) is 0 Å². The van der Waals surface area contributed by atoms with Crippen molar-refractivity contribution in [2.75, 3.05) is 50.7 Å². The van der Waals surface area contributed by atoms with Crippen molar-refractivity contribution in [3.8, 4) is 0 Å². The van der Waals surface area contributed by atoms with Crippen LogP contribution in [0.15, 0.2) is 48.5 Å². The standard InChI is InChI=1S/C25H27F6N3O2.ClH/c26-24(27,28)19-4-1-3-18(15-19)23(36)7-9-34(10-8-23)22(35)17-32-11-13-33(14-12-32)21-6-2-5-20(16-21)25(29,30)31;/h1-6,15-16,36H,7-14,17H2;1H. The minimum atomic E-state index is -4.51. The van der Waals surface area contributed by atoms with Crippen molar-refractivity contribution in [2.24, 2.45) is 0 Å². The van der Waals surface area contributed by atoms with Gasteiger partial charge in [-0.05, 0) is 48.7 Å². The van der Waals surface area contributed by atoms with Gasteiger partial charge in [-0.2, -0.15) is 26.3 Å². The molecular formula is C25H28ClF6N3O2. The Balaban J connectivity index is 0.00000380. The summed E-state index contributed by atoms with van der Waals surface area (Å²) in [5.41, 5.74) is -2.28. The third-order valence-corrected chi connectivity index (χ3v) is 6.94. The first kappa shape index (κ1) is 29.1. The Bertz CT molecular complexity index is 1080. The van der Waals surface area contributed by atoms with Crippen LogP contribution in [0.5, 0.6) is 0 Å². The van der Waals surface area contributed by atoms with Crippen molar-refractivity contribution in [3.63, 3.8) is 0 Å². The first-order valence-electron chi connectivity index (χ1n) is 11.7. The number of halogens is 7. The van der Waals surface area contributed by atoms with E-state index in [1.165, 1.54) is 18.2 Å². The van der Waals surface area contributed by atoms with Gasteiger partial charge in [0.1, 0.15) is 0 Å². The van der Waals surface area contributed by atoms with E-state index in [0.29, 0.717) is 31.9 Å². The minimum absolute atomic E-state index is 0. The van der Waals surface area contributed by atoms with E-state index in [1.807, 2.05) is 9.80 Å². The zero-order valence-corrected chi connectivity index (χ0v) is 20.7. The molecule has 0 aliphatic carbocycles. The maximum atomic E-state index is 13.0. The molecule has 12 heteroatoms. The molecule has 1 amide bonds.